The number of halogens is 1. The largest absolute Gasteiger partial charge is 0.590 e. The van der Waals surface area contributed by atoms with Gasteiger partial charge in [0.25, 0.3) is 0 Å². The van der Waals surface area contributed by atoms with Crippen molar-refractivity contribution in [3.8, 4) is 0 Å². The first kappa shape index (κ1) is 8.67. The summed E-state index contributed by atoms with van der Waals surface area (Å²) >= 11 is 0.354. The first-order valence-electron chi connectivity index (χ1n) is 1.87. The normalized spacial score (nSPS) is 14.1. The zero-order chi connectivity index (χ0) is 6.73. The summed E-state index contributed by atoms with van der Waals surface area (Å²) < 4.78 is 11.9. The van der Waals surface area contributed by atoms with Gasteiger partial charge in [0, 0.05) is 14.0 Å². The van der Waals surface area contributed by atoms with Crippen LogP contribution < -0.4 is 0 Å². The first-order valence-corrected chi connectivity index (χ1v) is 3.95. The summed E-state index contributed by atoms with van der Waals surface area (Å²) in [6.07, 6.45) is 0. The molecule has 0 heterocycles. The number of carbonyl (C=O) groups is 1. The molecular formula is C3H6INO2S. The average molecular weight is 247 g/mol. The summed E-state index contributed by atoms with van der Waals surface area (Å²) in [6, 6.07) is 0. The van der Waals surface area contributed by atoms with Crippen LogP contribution in [-0.4, -0.2) is 19.2 Å². The van der Waals surface area contributed by atoms with Gasteiger partial charge in [0.1, 0.15) is 11.4 Å². The van der Waals surface area contributed by atoms with Crippen molar-refractivity contribution in [2.24, 2.45) is 0 Å². The Morgan fingerprint density at radius 1 is 1.88 bits per heavy atom. The van der Waals surface area contributed by atoms with Gasteiger partial charge < -0.3 is 4.55 Å². The molecule has 1 atom stereocenters. The molecule has 0 amide bonds. The van der Waals surface area contributed by atoms with E-state index in [0.29, 0.717) is 0 Å². The Hall–Kier alpha value is 0.670. The van der Waals surface area contributed by atoms with Crippen LogP contribution in [0.25, 0.3) is 0 Å². The van der Waals surface area contributed by atoms with Crippen molar-refractivity contribution in [1.29, 1.82) is 0 Å². The molecule has 8 heavy (non-hydrogen) atoms. The molecule has 0 aliphatic carbocycles. The lowest BCUT2D eigenvalue weighted by Gasteiger charge is -2.07. The van der Waals surface area contributed by atoms with Crippen LogP contribution in [0, 0.1) is 0 Å². The Labute approximate surface area is 65.2 Å². The van der Waals surface area contributed by atoms with Crippen molar-refractivity contribution < 1.29 is 9.35 Å². The summed E-state index contributed by atoms with van der Waals surface area (Å²) in [5.41, 5.74) is 0. The van der Waals surface area contributed by atoms with Gasteiger partial charge in [-0.05, 0) is 0 Å². The molecule has 48 valence electrons. The third-order valence-corrected chi connectivity index (χ3v) is 2.50. The van der Waals surface area contributed by atoms with Gasteiger partial charge in [-0.25, -0.2) is 4.79 Å². The number of rotatable bonds is 1. The van der Waals surface area contributed by atoms with Crippen LogP contribution >= 0.6 is 22.9 Å². The van der Waals surface area contributed by atoms with Gasteiger partial charge >= 0.3 is 5.12 Å². The standard InChI is InChI=1S/C3H6INO2S/c1-3(6)8(7)5(2)4/h1-2H3. The zero-order valence-corrected chi connectivity index (χ0v) is 7.52. The van der Waals surface area contributed by atoms with E-state index in [4.69, 9.17) is 0 Å². The van der Waals surface area contributed by atoms with Crippen LogP contribution in [0.3, 0.4) is 0 Å². The molecule has 0 radical (unpaired) electrons. The molecule has 0 saturated carbocycles. The lowest BCUT2D eigenvalue weighted by Crippen LogP contribution is -2.22. The minimum absolute atomic E-state index is 0.318. The topological polar surface area (TPSA) is 43.4 Å². The van der Waals surface area contributed by atoms with E-state index in [0.717, 1.165) is 0 Å². The van der Waals surface area contributed by atoms with Crippen molar-refractivity contribution >= 4 is 39.3 Å². The third-order valence-electron chi connectivity index (χ3n) is 0.474. The fourth-order valence-corrected chi connectivity index (χ4v) is 1.36. The predicted octanol–water partition coefficient (Wildman–Crippen LogP) is 0.478. The number of hydrogen-bond acceptors (Lipinski definition) is 3. The molecule has 0 spiro atoms. The lowest BCUT2D eigenvalue weighted by atomic mass is 10.9. The summed E-state index contributed by atoms with van der Waals surface area (Å²) in [7, 11) is 1.58. The second kappa shape index (κ2) is 3.65. The number of hydrogen-bond donors (Lipinski definition) is 0. The van der Waals surface area contributed by atoms with Gasteiger partial charge in [-0.1, -0.05) is 2.52 Å². The molecule has 0 aromatic heterocycles. The van der Waals surface area contributed by atoms with E-state index >= 15 is 0 Å². The molecule has 0 rings (SSSR count). The summed E-state index contributed by atoms with van der Waals surface area (Å²) in [5, 5.41) is -0.318. The molecule has 0 fully saturated rings. The van der Waals surface area contributed by atoms with Crippen LogP contribution in [0.1, 0.15) is 6.92 Å². The highest BCUT2D eigenvalue weighted by molar-refractivity contribution is 14.1. The van der Waals surface area contributed by atoms with E-state index < -0.39 is 11.4 Å². The minimum Gasteiger partial charge on any atom is -0.590 e. The zero-order valence-electron chi connectivity index (χ0n) is 4.55. The Morgan fingerprint density at radius 3 is 2.25 bits per heavy atom. The van der Waals surface area contributed by atoms with Gasteiger partial charge in [-0.3, -0.25) is 0 Å². The van der Waals surface area contributed by atoms with Crippen molar-refractivity contribution in [2.45, 2.75) is 6.92 Å². The van der Waals surface area contributed by atoms with Gasteiger partial charge in [0.15, 0.2) is 0 Å². The first-order chi connectivity index (χ1) is 3.55. The second-order valence-electron chi connectivity index (χ2n) is 1.16. The van der Waals surface area contributed by atoms with Crippen LogP contribution in [0.5, 0.6) is 0 Å². The fraction of sp³-hybridized carbons (Fsp3) is 0.667. The van der Waals surface area contributed by atoms with Crippen LogP contribution in [0.4, 0.5) is 0 Å². The highest BCUT2D eigenvalue weighted by atomic mass is 127. The smallest absolute Gasteiger partial charge is 0.347 e. The Balaban J connectivity index is 3.64. The van der Waals surface area contributed by atoms with Crippen molar-refractivity contribution in [2.75, 3.05) is 7.05 Å². The second-order valence-corrected chi connectivity index (χ2v) is 4.88. The molecule has 1 unspecified atom stereocenters. The third kappa shape index (κ3) is 2.85. The molecule has 5 heteroatoms. The summed E-state index contributed by atoms with van der Waals surface area (Å²) in [4.78, 5) is 10.2. The van der Waals surface area contributed by atoms with Gasteiger partial charge in [-0.15, -0.1) is 0 Å². The highest BCUT2D eigenvalue weighted by Gasteiger charge is 2.16. The maximum atomic E-state index is 10.5. The monoisotopic (exact) mass is 247 g/mol. The van der Waals surface area contributed by atoms with Crippen molar-refractivity contribution in [3.05, 3.63) is 0 Å². The highest BCUT2D eigenvalue weighted by Crippen LogP contribution is 2.04. The molecular weight excluding hydrogens is 241 g/mol. The van der Waals surface area contributed by atoms with Gasteiger partial charge in [-0.2, -0.15) is 0 Å². The van der Waals surface area contributed by atoms with Crippen LogP contribution in [0.2, 0.25) is 0 Å². The molecule has 0 aliphatic rings. The number of carbonyl (C=O) groups excluding carboxylic acids is 1. The molecule has 0 N–H and O–H groups in total. The van der Waals surface area contributed by atoms with Gasteiger partial charge in [0.2, 0.25) is 0 Å². The van der Waals surface area contributed by atoms with Crippen LogP contribution in [0.15, 0.2) is 0 Å². The Morgan fingerprint density at radius 2 is 2.25 bits per heavy atom. The molecule has 3 nitrogen and oxygen atoms in total. The average Bonchev–Trinajstić information content (AvgIpc) is 1.64. The molecule has 0 aliphatic heterocycles. The Kier molecular flexibility index (Phi) is 3.95. The number of nitrogens with zero attached hydrogens (tertiary/aromatic N) is 1. The van der Waals surface area contributed by atoms with E-state index in [9.17, 15) is 9.35 Å². The van der Waals surface area contributed by atoms with Gasteiger partial charge in [0.05, 0.1) is 22.9 Å². The van der Waals surface area contributed by atoms with Crippen molar-refractivity contribution in [3.63, 3.8) is 0 Å². The van der Waals surface area contributed by atoms with E-state index in [1.54, 1.807) is 29.9 Å². The molecule has 0 aromatic rings. The van der Waals surface area contributed by atoms with Crippen molar-refractivity contribution in [1.82, 2.24) is 2.52 Å². The van der Waals surface area contributed by atoms with Crippen LogP contribution in [-0.2, 0) is 16.2 Å². The predicted molar refractivity (Wildman–Crippen MR) is 40.6 cm³/mol. The molecule has 0 bridgehead atoms. The molecule has 0 saturated heterocycles. The van der Waals surface area contributed by atoms with E-state index in [1.165, 1.54) is 9.44 Å². The maximum Gasteiger partial charge on any atom is 0.347 e. The SMILES string of the molecule is CC(=O)[S+]([O-])N(C)I. The summed E-state index contributed by atoms with van der Waals surface area (Å²) in [6.45, 7) is 1.30. The fourth-order valence-electron chi connectivity index (χ4n) is 0.177. The maximum absolute atomic E-state index is 10.5. The quantitative estimate of drug-likeness (QED) is 0.384. The summed E-state index contributed by atoms with van der Waals surface area (Å²) in [5.74, 6) is 0. The molecule has 0 aromatic carbocycles. The van der Waals surface area contributed by atoms with E-state index in [1.807, 2.05) is 0 Å². The Bertz CT molecular complexity index is 97.3. The minimum atomic E-state index is -1.44. The lowest BCUT2D eigenvalue weighted by molar-refractivity contribution is -0.110. The van der Waals surface area contributed by atoms with E-state index in [2.05, 4.69) is 0 Å². The van der Waals surface area contributed by atoms with E-state index in [-0.39, 0.29) is 5.12 Å².